The molecule has 0 aromatic heterocycles. The normalized spacial score (nSPS) is 13.9. The average Bonchev–Trinajstić information content (AvgIpc) is 3.63. The molecule has 0 atom stereocenters. The fraction of sp³-hybridized carbons (Fsp3) is 0.909. The van der Waals surface area contributed by atoms with Crippen LogP contribution in [0.1, 0.15) is 143 Å². The summed E-state index contributed by atoms with van der Waals surface area (Å²) in [5.41, 5.74) is 0. The van der Waals surface area contributed by atoms with Crippen LogP contribution in [0, 0.1) is 59.7 Å². The van der Waals surface area contributed by atoms with Crippen LogP contribution in [0.15, 0.2) is 0 Å². The molecule has 1 amide bonds. The van der Waals surface area contributed by atoms with Crippen LogP contribution in [-0.4, -0.2) is 11.9 Å². The number of amides is 1. The predicted octanol–water partition coefficient (Wildman–Crippen LogP) is 10.3. The lowest BCUT2D eigenvalue weighted by Gasteiger charge is -2.05. The van der Waals surface area contributed by atoms with Gasteiger partial charge in [-0.25, -0.2) is 0 Å². The van der Waals surface area contributed by atoms with Crippen LogP contribution >= 0.6 is 0 Å². The average molecular weight is 496 g/mol. The largest absolute Gasteiger partial charge is 0.353 e. The Balaban J connectivity index is -0.000000169. The van der Waals surface area contributed by atoms with Gasteiger partial charge in [-0.15, -0.1) is 12.3 Å². The van der Waals surface area contributed by atoms with Crippen LogP contribution in [0.2, 0.25) is 0 Å². The smallest absolute Gasteiger partial charge is 0.222 e. The maximum absolute atomic E-state index is 10.9. The van der Waals surface area contributed by atoms with E-state index < -0.39 is 0 Å². The summed E-state index contributed by atoms with van der Waals surface area (Å²) in [6.45, 7) is 34.5. The summed E-state index contributed by atoms with van der Waals surface area (Å²) in [7, 11) is 0. The Bertz CT molecular complexity index is 455. The molecule has 0 radical (unpaired) electrons. The quantitative estimate of drug-likeness (QED) is 0.377. The number of terminal acetylenes is 1. The molecular weight excluding hydrogens is 426 g/mol. The summed E-state index contributed by atoms with van der Waals surface area (Å²) in [5.74, 6) is 8.76. The van der Waals surface area contributed by atoms with Crippen molar-refractivity contribution in [1.29, 1.82) is 0 Å². The summed E-state index contributed by atoms with van der Waals surface area (Å²) in [4.78, 5) is 10.9. The molecule has 35 heavy (non-hydrogen) atoms. The highest BCUT2D eigenvalue weighted by molar-refractivity contribution is 5.78. The first kappa shape index (κ1) is 41.2. The molecule has 2 heteroatoms. The molecule has 2 aliphatic rings. The second-order valence-electron chi connectivity index (χ2n) is 12.9. The molecule has 212 valence electrons. The predicted molar refractivity (Wildman–Crippen MR) is 163 cm³/mol. The van der Waals surface area contributed by atoms with Crippen molar-refractivity contribution in [1.82, 2.24) is 5.32 Å². The van der Waals surface area contributed by atoms with Gasteiger partial charge in [0.05, 0.1) is 0 Å². The Labute approximate surface area is 224 Å². The van der Waals surface area contributed by atoms with E-state index in [1.807, 2.05) is 27.7 Å². The van der Waals surface area contributed by atoms with Crippen molar-refractivity contribution < 1.29 is 4.79 Å². The second-order valence-corrected chi connectivity index (χ2v) is 12.9. The van der Waals surface area contributed by atoms with Crippen LogP contribution in [0.5, 0.6) is 0 Å². The van der Waals surface area contributed by atoms with Gasteiger partial charge in [0.25, 0.3) is 0 Å². The molecule has 0 aliphatic heterocycles. The zero-order valence-corrected chi connectivity index (χ0v) is 27.2. The second kappa shape index (κ2) is 26.1. The number of carbonyl (C=O) groups excluding carboxylic acids is 1. The number of rotatable bonds is 5. The molecule has 0 aromatic rings. The highest BCUT2D eigenvalue weighted by Gasteiger charge is 2.24. The van der Waals surface area contributed by atoms with Gasteiger partial charge in [0.15, 0.2) is 0 Å². The summed E-state index contributed by atoms with van der Waals surface area (Å²) >= 11 is 0. The number of carbonyl (C=O) groups is 1. The molecular formula is C33H69NO. The van der Waals surface area contributed by atoms with Crippen molar-refractivity contribution in [3.05, 3.63) is 0 Å². The maximum atomic E-state index is 10.9. The lowest BCUT2D eigenvalue weighted by atomic mass is 10.0. The highest BCUT2D eigenvalue weighted by atomic mass is 16.1. The summed E-state index contributed by atoms with van der Waals surface area (Å²) in [5, 5.41) is 2.91. The van der Waals surface area contributed by atoms with Crippen LogP contribution in [-0.2, 0) is 4.79 Å². The standard InChI is InChI=1S/C7H13NO.C6H12.C6H14.C5H12.C5H8.C4H10/c1-5(2)7(9)8-6-3-4-6;1-5(2)6-3-4-6;1-5(2)6(3)4;2*1-4-5(2)3;1-4(2)3/h5-6H,3-4H2,1-2H3,(H,8,9);5-6H,3-4H2,1-2H3;5-6H,1-4H3;5H,4H2,1-3H3;1,5H,2-3H3;4H,1-3H3. The molecule has 0 heterocycles. The van der Waals surface area contributed by atoms with Gasteiger partial charge in [-0.3, -0.25) is 4.79 Å². The third-order valence-corrected chi connectivity index (χ3v) is 5.50. The topological polar surface area (TPSA) is 29.1 Å². The van der Waals surface area contributed by atoms with Crippen molar-refractivity contribution >= 4 is 5.91 Å². The van der Waals surface area contributed by atoms with Crippen molar-refractivity contribution in [2.75, 3.05) is 0 Å². The molecule has 0 unspecified atom stereocenters. The van der Waals surface area contributed by atoms with Crippen LogP contribution < -0.4 is 5.32 Å². The van der Waals surface area contributed by atoms with E-state index in [4.69, 9.17) is 6.42 Å². The molecule has 0 spiro atoms. The molecule has 2 aliphatic carbocycles. The first-order chi connectivity index (χ1) is 15.9. The molecule has 1 N–H and O–H groups in total. The fourth-order valence-electron chi connectivity index (χ4n) is 1.36. The highest BCUT2D eigenvalue weighted by Crippen LogP contribution is 2.35. The van der Waals surface area contributed by atoms with Crippen molar-refractivity contribution in [3.8, 4) is 12.3 Å². The van der Waals surface area contributed by atoms with E-state index in [9.17, 15) is 4.79 Å². The van der Waals surface area contributed by atoms with E-state index in [1.54, 1.807) is 0 Å². The third kappa shape index (κ3) is 50.8. The zero-order valence-electron chi connectivity index (χ0n) is 27.2. The summed E-state index contributed by atoms with van der Waals surface area (Å²) in [6.07, 6.45) is 11.6. The van der Waals surface area contributed by atoms with Gasteiger partial charge in [-0.1, -0.05) is 117 Å². The van der Waals surface area contributed by atoms with Crippen LogP contribution in [0.3, 0.4) is 0 Å². The van der Waals surface area contributed by atoms with Crippen molar-refractivity contribution in [2.24, 2.45) is 47.3 Å². The van der Waals surface area contributed by atoms with Gasteiger partial charge in [0.2, 0.25) is 5.91 Å². The Morgan fingerprint density at radius 2 is 1.09 bits per heavy atom. The molecule has 0 saturated heterocycles. The molecule has 2 rings (SSSR count). The minimum atomic E-state index is 0.144. The lowest BCUT2D eigenvalue weighted by molar-refractivity contribution is -0.124. The molecule has 2 nitrogen and oxygen atoms in total. The van der Waals surface area contributed by atoms with Gasteiger partial charge in [-0.05, 0) is 61.2 Å². The van der Waals surface area contributed by atoms with E-state index in [2.05, 4.69) is 94.3 Å². The summed E-state index contributed by atoms with van der Waals surface area (Å²) in [6, 6.07) is 0.514. The molecule has 2 fully saturated rings. The van der Waals surface area contributed by atoms with E-state index >= 15 is 0 Å². The Hall–Kier alpha value is -0.970. The minimum absolute atomic E-state index is 0.144. The number of hydrogen-bond acceptors (Lipinski definition) is 1. The maximum Gasteiger partial charge on any atom is 0.222 e. The Kier molecular flexibility index (Phi) is 30.7. The number of hydrogen-bond donors (Lipinski definition) is 1. The molecule has 0 bridgehead atoms. The van der Waals surface area contributed by atoms with Crippen LogP contribution in [0.25, 0.3) is 0 Å². The van der Waals surface area contributed by atoms with E-state index in [-0.39, 0.29) is 11.8 Å². The first-order valence-electron chi connectivity index (χ1n) is 14.7. The SMILES string of the molecule is C#CC(C)C.CC(C)C.CC(C)C(=O)NC1CC1.CC(C)C(C)C.CC(C)C1CC1.CCC(C)C. The minimum Gasteiger partial charge on any atom is -0.353 e. The van der Waals surface area contributed by atoms with Gasteiger partial charge < -0.3 is 5.32 Å². The van der Waals surface area contributed by atoms with Gasteiger partial charge in [0.1, 0.15) is 0 Å². The lowest BCUT2D eigenvalue weighted by Crippen LogP contribution is -2.29. The zero-order chi connectivity index (χ0) is 28.7. The third-order valence-electron chi connectivity index (χ3n) is 5.50. The van der Waals surface area contributed by atoms with Gasteiger partial charge in [-0.2, -0.15) is 0 Å². The van der Waals surface area contributed by atoms with E-state index in [0.29, 0.717) is 12.0 Å². The van der Waals surface area contributed by atoms with E-state index in [0.717, 1.165) is 35.5 Å². The first-order valence-corrected chi connectivity index (χ1v) is 14.7. The number of nitrogens with one attached hydrogen (secondary N) is 1. The van der Waals surface area contributed by atoms with Crippen molar-refractivity contribution in [3.63, 3.8) is 0 Å². The summed E-state index contributed by atoms with van der Waals surface area (Å²) < 4.78 is 0. The van der Waals surface area contributed by atoms with E-state index in [1.165, 1.54) is 32.1 Å². The Morgan fingerprint density at radius 1 is 0.771 bits per heavy atom. The van der Waals surface area contributed by atoms with Crippen molar-refractivity contribution in [2.45, 2.75) is 149 Å². The monoisotopic (exact) mass is 496 g/mol. The molecule has 0 aromatic carbocycles. The van der Waals surface area contributed by atoms with Gasteiger partial charge in [0, 0.05) is 17.9 Å². The fourth-order valence-corrected chi connectivity index (χ4v) is 1.36. The van der Waals surface area contributed by atoms with Crippen LogP contribution in [0.4, 0.5) is 0 Å². The Morgan fingerprint density at radius 3 is 1.17 bits per heavy atom. The molecule has 2 saturated carbocycles. The van der Waals surface area contributed by atoms with Gasteiger partial charge >= 0.3 is 0 Å².